The second-order valence-corrected chi connectivity index (χ2v) is 13.5. The van der Waals surface area contributed by atoms with Gasteiger partial charge in [-0.15, -0.1) is 11.3 Å². The minimum absolute atomic E-state index is 0.0383. The molecule has 4 nitrogen and oxygen atoms in total. The maximum Gasteiger partial charge on any atom is 0.201 e. The normalized spacial score (nSPS) is 13.4. The van der Waals surface area contributed by atoms with Crippen LogP contribution in [0, 0.1) is 0 Å². The summed E-state index contributed by atoms with van der Waals surface area (Å²) in [7, 11) is 0. The number of rotatable bonds is 0. The van der Waals surface area contributed by atoms with Crippen LogP contribution in [0.1, 0.15) is 26.3 Å². The van der Waals surface area contributed by atoms with Gasteiger partial charge in [0.05, 0.1) is 21.9 Å². The zero-order chi connectivity index (χ0) is 27.5. The van der Waals surface area contributed by atoms with Gasteiger partial charge in [0.15, 0.2) is 5.43 Å². The Labute approximate surface area is 235 Å². The molecule has 5 heteroatoms. The van der Waals surface area contributed by atoms with Gasteiger partial charge in [0.1, 0.15) is 11.2 Å². The SMILES string of the molecule is CC(C)(C)c1cc2c(=O)c3cc4c5ccccc5oc4c4c(=O)c5cc6c7ccccc7sc6c6c(c1)c2n(c34)c56. The molecule has 0 N–H and O–H groups in total. The lowest BCUT2D eigenvalue weighted by Gasteiger charge is -2.20. The fourth-order valence-corrected chi connectivity index (χ4v) is 8.50. The number of para-hydroxylation sites is 1. The summed E-state index contributed by atoms with van der Waals surface area (Å²) in [4.78, 5) is 29.2. The van der Waals surface area contributed by atoms with E-state index >= 15 is 0 Å². The summed E-state index contributed by atoms with van der Waals surface area (Å²) >= 11 is 1.76. The number of hydrogen-bond donors (Lipinski definition) is 0. The number of furan rings is 1. The zero-order valence-electron chi connectivity index (χ0n) is 22.5. The van der Waals surface area contributed by atoms with E-state index in [0.29, 0.717) is 38.2 Å². The van der Waals surface area contributed by atoms with E-state index in [2.05, 4.69) is 67.6 Å². The third-order valence-electron chi connectivity index (χ3n) is 9.16. The summed E-state index contributed by atoms with van der Waals surface area (Å²) in [5.74, 6) is 0. The van der Waals surface area contributed by atoms with Crippen molar-refractivity contribution >= 4 is 102 Å². The highest BCUT2D eigenvalue weighted by atomic mass is 32.1. The van der Waals surface area contributed by atoms with Crippen LogP contribution in [-0.2, 0) is 5.41 Å². The molecule has 0 radical (unpaired) electrons. The average molecular weight is 548 g/mol. The second kappa shape index (κ2) is 6.76. The van der Waals surface area contributed by atoms with E-state index in [1.165, 1.54) is 4.70 Å². The first-order valence-corrected chi connectivity index (χ1v) is 14.7. The van der Waals surface area contributed by atoms with Gasteiger partial charge in [-0.05, 0) is 47.4 Å². The van der Waals surface area contributed by atoms with Crippen molar-refractivity contribution in [1.29, 1.82) is 0 Å². The molecule has 0 aliphatic heterocycles. The Hall–Kier alpha value is -4.74. The summed E-state index contributed by atoms with van der Waals surface area (Å²) < 4.78 is 10.9. The van der Waals surface area contributed by atoms with Crippen molar-refractivity contribution in [2.24, 2.45) is 0 Å². The highest BCUT2D eigenvalue weighted by Crippen LogP contribution is 2.48. The van der Waals surface area contributed by atoms with Gasteiger partial charge in [0.2, 0.25) is 5.43 Å². The van der Waals surface area contributed by atoms with Crippen molar-refractivity contribution in [1.82, 2.24) is 4.40 Å². The van der Waals surface area contributed by atoms with E-state index in [9.17, 15) is 9.59 Å². The molecule has 10 aromatic rings. The Morgan fingerprint density at radius 2 is 1.29 bits per heavy atom. The van der Waals surface area contributed by atoms with Gasteiger partial charge in [-0.1, -0.05) is 57.2 Å². The van der Waals surface area contributed by atoms with E-state index < -0.39 is 0 Å². The lowest BCUT2D eigenvalue weighted by molar-refractivity contribution is 0.591. The van der Waals surface area contributed by atoms with Crippen molar-refractivity contribution in [3.8, 4) is 0 Å². The van der Waals surface area contributed by atoms with Crippen molar-refractivity contribution < 1.29 is 4.42 Å². The van der Waals surface area contributed by atoms with Gasteiger partial charge in [-0.3, -0.25) is 9.59 Å². The molecule has 0 spiro atoms. The van der Waals surface area contributed by atoms with Crippen molar-refractivity contribution in [2.75, 3.05) is 0 Å². The van der Waals surface area contributed by atoms with Crippen LogP contribution in [0.25, 0.3) is 91.0 Å². The molecule has 0 atom stereocenters. The minimum atomic E-state index is -0.164. The van der Waals surface area contributed by atoms with E-state index in [-0.39, 0.29) is 16.3 Å². The van der Waals surface area contributed by atoms with Crippen LogP contribution in [-0.4, -0.2) is 4.40 Å². The quantitative estimate of drug-likeness (QED) is 0.140. The summed E-state index contributed by atoms with van der Waals surface area (Å²) in [6, 6.07) is 24.5. The first-order valence-electron chi connectivity index (χ1n) is 13.9. The number of benzene rings is 5. The molecular formula is C36H21NO3S. The third-order valence-corrected chi connectivity index (χ3v) is 10.4. The lowest BCUT2D eigenvalue weighted by atomic mass is 9.85. The Kier molecular flexibility index (Phi) is 3.63. The molecule has 0 fully saturated rings. The molecule has 0 aliphatic rings. The largest absolute Gasteiger partial charge is 0.455 e. The van der Waals surface area contributed by atoms with E-state index in [1.54, 1.807) is 11.3 Å². The predicted octanol–water partition coefficient (Wildman–Crippen LogP) is 9.15. The molecule has 5 aromatic heterocycles. The maximum absolute atomic E-state index is 14.7. The number of thiophene rings is 1. The third kappa shape index (κ3) is 2.41. The fraction of sp³-hybridized carbons (Fsp3) is 0.111. The molecule has 0 saturated carbocycles. The first-order chi connectivity index (χ1) is 19.8. The van der Waals surface area contributed by atoms with Gasteiger partial charge in [0.25, 0.3) is 0 Å². The van der Waals surface area contributed by atoms with Crippen LogP contribution >= 0.6 is 11.3 Å². The lowest BCUT2D eigenvalue weighted by Crippen LogP contribution is -2.15. The number of nitrogens with zero attached hydrogens (tertiary/aromatic N) is 1. The molecule has 0 unspecified atom stereocenters. The van der Waals surface area contributed by atoms with Crippen molar-refractivity contribution in [2.45, 2.75) is 26.2 Å². The number of aromatic nitrogens is 1. The average Bonchev–Trinajstić information content (AvgIpc) is 3.63. The highest BCUT2D eigenvalue weighted by molar-refractivity contribution is 7.26. The molecule has 5 aromatic carbocycles. The van der Waals surface area contributed by atoms with E-state index in [0.717, 1.165) is 53.6 Å². The van der Waals surface area contributed by atoms with Crippen molar-refractivity contribution in [3.63, 3.8) is 0 Å². The van der Waals surface area contributed by atoms with Gasteiger partial charge >= 0.3 is 0 Å². The maximum atomic E-state index is 14.7. The smallest absolute Gasteiger partial charge is 0.201 e. The number of pyridine rings is 2. The topological polar surface area (TPSA) is 51.7 Å². The van der Waals surface area contributed by atoms with Crippen molar-refractivity contribution in [3.05, 3.63) is 98.8 Å². The van der Waals surface area contributed by atoms with Crippen LogP contribution in [0.4, 0.5) is 0 Å². The molecule has 0 saturated heterocycles. The minimum Gasteiger partial charge on any atom is -0.455 e. The summed E-state index contributed by atoms with van der Waals surface area (Å²) in [6.07, 6.45) is 0. The molecule has 0 amide bonds. The van der Waals surface area contributed by atoms with Crippen LogP contribution in [0.3, 0.4) is 0 Å². The molecule has 0 bridgehead atoms. The monoisotopic (exact) mass is 547 g/mol. The van der Waals surface area contributed by atoms with E-state index in [1.807, 2.05) is 30.3 Å². The molecule has 41 heavy (non-hydrogen) atoms. The van der Waals surface area contributed by atoms with Crippen LogP contribution in [0.15, 0.2) is 86.8 Å². The first kappa shape index (κ1) is 22.0. The molecule has 194 valence electrons. The van der Waals surface area contributed by atoms with Crippen LogP contribution < -0.4 is 10.9 Å². The van der Waals surface area contributed by atoms with E-state index in [4.69, 9.17) is 4.42 Å². The Bertz CT molecular complexity index is 2880. The fourth-order valence-electron chi connectivity index (χ4n) is 7.26. The van der Waals surface area contributed by atoms with Gasteiger partial charge in [0, 0.05) is 57.9 Å². The number of fused-ring (bicyclic) bond motifs is 9. The second-order valence-electron chi connectivity index (χ2n) is 12.4. The standard InChI is InChI=1S/C36H21NO3S/c1-36(2,3)16-12-21-27-30-24(15-20-18-9-5-7-11-26(18)41-35(20)27)33(39)28-31-23(32(38)22(13-16)29(21)37(30)31)14-19-17-8-4-6-10-25(17)40-34(19)28/h4-15H,1-3H3. The Morgan fingerprint density at radius 1 is 0.634 bits per heavy atom. The van der Waals surface area contributed by atoms with Gasteiger partial charge < -0.3 is 8.82 Å². The molecule has 10 rings (SSSR count). The number of hydrogen-bond acceptors (Lipinski definition) is 4. The zero-order valence-corrected chi connectivity index (χ0v) is 23.3. The Morgan fingerprint density at radius 3 is 2.12 bits per heavy atom. The Balaban J connectivity index is 1.64. The molecule has 5 heterocycles. The van der Waals surface area contributed by atoms with Crippen LogP contribution in [0.5, 0.6) is 0 Å². The molecular weight excluding hydrogens is 526 g/mol. The van der Waals surface area contributed by atoms with Gasteiger partial charge in [-0.2, -0.15) is 0 Å². The predicted molar refractivity (Wildman–Crippen MR) is 172 cm³/mol. The summed E-state index contributed by atoms with van der Waals surface area (Å²) in [5.41, 5.74) is 4.53. The highest BCUT2D eigenvalue weighted by Gasteiger charge is 2.29. The van der Waals surface area contributed by atoms with Gasteiger partial charge in [-0.25, -0.2) is 0 Å². The summed E-state index contributed by atoms with van der Waals surface area (Å²) in [5, 5.41) is 8.43. The molecule has 0 aliphatic carbocycles. The van der Waals surface area contributed by atoms with Crippen LogP contribution in [0.2, 0.25) is 0 Å². The summed E-state index contributed by atoms with van der Waals surface area (Å²) in [6.45, 7) is 6.55.